The highest BCUT2D eigenvalue weighted by atomic mass is 32.2. The molecule has 1 aromatic rings. The van der Waals surface area contributed by atoms with Crippen molar-refractivity contribution >= 4 is 23.6 Å². The first kappa shape index (κ1) is 14.2. The predicted octanol–water partition coefficient (Wildman–Crippen LogP) is 2.39. The van der Waals surface area contributed by atoms with E-state index in [4.69, 9.17) is 0 Å². The molecule has 6 heteroatoms. The maximum atomic E-state index is 11.9. The van der Waals surface area contributed by atoms with Gasteiger partial charge < -0.3 is 5.32 Å². The van der Waals surface area contributed by atoms with Gasteiger partial charge in [-0.3, -0.25) is 10.00 Å². The topological polar surface area (TPSA) is 59.0 Å². The lowest BCUT2D eigenvalue weighted by Gasteiger charge is -2.22. The van der Waals surface area contributed by atoms with E-state index in [9.17, 15) is 4.79 Å². The summed E-state index contributed by atoms with van der Waals surface area (Å²) in [7, 11) is 1.84. The summed E-state index contributed by atoms with van der Waals surface area (Å²) in [4.78, 5) is 11.9. The van der Waals surface area contributed by atoms with Gasteiger partial charge in [0.1, 0.15) is 5.82 Å². The van der Waals surface area contributed by atoms with Gasteiger partial charge >= 0.3 is 6.03 Å². The standard InChI is InChI=1S/C13H22N4OS/c1-4-10-8-11(17(3)16-10)15-12(18)14-9-13(2)6-5-7-19-13/h8H,4-7,9H2,1-3H3,(H2,14,15,18). The zero-order valence-corrected chi connectivity index (χ0v) is 12.6. The van der Waals surface area contributed by atoms with Crippen LogP contribution in [0, 0.1) is 0 Å². The van der Waals surface area contributed by atoms with Crippen LogP contribution in [0.1, 0.15) is 32.4 Å². The second-order valence-electron chi connectivity index (χ2n) is 5.21. The Morgan fingerprint density at radius 3 is 3.00 bits per heavy atom. The third kappa shape index (κ3) is 3.65. The van der Waals surface area contributed by atoms with Gasteiger partial charge in [-0.05, 0) is 31.9 Å². The van der Waals surface area contributed by atoms with Crippen molar-refractivity contribution in [3.8, 4) is 0 Å². The third-order valence-electron chi connectivity index (χ3n) is 3.46. The quantitative estimate of drug-likeness (QED) is 0.891. The van der Waals surface area contributed by atoms with Gasteiger partial charge in [0.15, 0.2) is 0 Å². The number of carbonyl (C=O) groups excluding carboxylic acids is 1. The molecule has 0 saturated carbocycles. The van der Waals surface area contributed by atoms with Crippen LogP contribution in [0.15, 0.2) is 6.07 Å². The Bertz CT molecular complexity index is 451. The smallest absolute Gasteiger partial charge is 0.320 e. The summed E-state index contributed by atoms with van der Waals surface area (Å²) in [6.07, 6.45) is 3.28. The van der Waals surface area contributed by atoms with Gasteiger partial charge in [0.05, 0.1) is 5.69 Å². The third-order valence-corrected chi connectivity index (χ3v) is 5.00. The SMILES string of the molecule is CCc1cc(NC(=O)NCC2(C)CCCS2)n(C)n1. The Kier molecular flexibility index (Phi) is 4.39. The Hall–Kier alpha value is -1.17. The number of nitrogens with zero attached hydrogens (tertiary/aromatic N) is 2. The second-order valence-corrected chi connectivity index (χ2v) is 6.89. The van der Waals surface area contributed by atoms with Crippen molar-refractivity contribution in [1.29, 1.82) is 0 Å². The fourth-order valence-corrected chi connectivity index (χ4v) is 3.46. The molecule has 2 amide bonds. The number of rotatable bonds is 4. The van der Waals surface area contributed by atoms with Crippen LogP contribution in [0.3, 0.4) is 0 Å². The molecule has 106 valence electrons. The number of thioether (sulfide) groups is 1. The minimum Gasteiger partial charge on any atom is -0.336 e. The van der Waals surface area contributed by atoms with Gasteiger partial charge in [-0.2, -0.15) is 16.9 Å². The van der Waals surface area contributed by atoms with Gasteiger partial charge in [-0.1, -0.05) is 6.92 Å². The molecule has 1 aromatic heterocycles. The summed E-state index contributed by atoms with van der Waals surface area (Å²) in [5, 5.41) is 10.1. The molecule has 1 fully saturated rings. The minimum atomic E-state index is -0.153. The molecule has 2 rings (SSSR count). The highest BCUT2D eigenvalue weighted by Gasteiger charge is 2.29. The van der Waals surface area contributed by atoms with Crippen LogP contribution < -0.4 is 10.6 Å². The van der Waals surface area contributed by atoms with Crippen LogP contribution in [-0.4, -0.2) is 32.9 Å². The van der Waals surface area contributed by atoms with Crippen molar-refractivity contribution in [3.63, 3.8) is 0 Å². The lowest BCUT2D eigenvalue weighted by Crippen LogP contribution is -2.39. The molecular weight excluding hydrogens is 260 g/mol. The van der Waals surface area contributed by atoms with Crippen LogP contribution >= 0.6 is 11.8 Å². The fraction of sp³-hybridized carbons (Fsp3) is 0.692. The molecule has 2 N–H and O–H groups in total. The van der Waals surface area contributed by atoms with E-state index in [1.807, 2.05) is 31.8 Å². The van der Waals surface area contributed by atoms with E-state index in [0.717, 1.165) is 17.9 Å². The predicted molar refractivity (Wildman–Crippen MR) is 79.7 cm³/mol. The first-order valence-corrected chi connectivity index (χ1v) is 7.73. The van der Waals surface area contributed by atoms with E-state index < -0.39 is 0 Å². The summed E-state index contributed by atoms with van der Waals surface area (Å²) < 4.78 is 1.89. The molecule has 1 saturated heterocycles. The van der Waals surface area contributed by atoms with Crippen LogP contribution in [-0.2, 0) is 13.5 Å². The van der Waals surface area contributed by atoms with Gasteiger partial charge in [0.2, 0.25) is 0 Å². The number of urea groups is 1. The molecular formula is C13H22N4OS. The van der Waals surface area contributed by atoms with Gasteiger partial charge in [0.25, 0.3) is 0 Å². The van der Waals surface area contributed by atoms with E-state index in [-0.39, 0.29) is 10.8 Å². The highest BCUT2D eigenvalue weighted by molar-refractivity contribution is 8.00. The first-order chi connectivity index (χ1) is 9.02. The van der Waals surface area contributed by atoms with E-state index in [1.165, 1.54) is 18.6 Å². The van der Waals surface area contributed by atoms with Crippen molar-refractivity contribution in [2.75, 3.05) is 17.6 Å². The number of hydrogen-bond donors (Lipinski definition) is 2. The number of aromatic nitrogens is 2. The Morgan fingerprint density at radius 2 is 2.42 bits per heavy atom. The van der Waals surface area contributed by atoms with E-state index >= 15 is 0 Å². The molecule has 0 radical (unpaired) electrons. The molecule has 0 aromatic carbocycles. The van der Waals surface area contributed by atoms with Crippen molar-refractivity contribution < 1.29 is 4.79 Å². The van der Waals surface area contributed by atoms with Gasteiger partial charge in [0, 0.05) is 24.4 Å². The summed E-state index contributed by atoms with van der Waals surface area (Å²) in [5.41, 5.74) is 0.983. The summed E-state index contributed by atoms with van der Waals surface area (Å²) in [6.45, 7) is 4.97. The van der Waals surface area contributed by atoms with Gasteiger partial charge in [-0.15, -0.1) is 0 Å². The molecule has 1 aliphatic rings. The minimum absolute atomic E-state index is 0.153. The van der Waals surface area contributed by atoms with E-state index in [2.05, 4.69) is 22.7 Å². The monoisotopic (exact) mass is 282 g/mol. The second kappa shape index (κ2) is 5.86. The average Bonchev–Trinajstić information content (AvgIpc) is 2.95. The number of carbonyl (C=O) groups is 1. The lowest BCUT2D eigenvalue weighted by atomic mass is 10.1. The molecule has 0 aliphatic carbocycles. The number of nitrogens with one attached hydrogen (secondary N) is 2. The maximum Gasteiger partial charge on any atom is 0.320 e. The average molecular weight is 282 g/mol. The summed E-state index contributed by atoms with van der Waals surface area (Å²) in [5.74, 6) is 1.93. The van der Waals surface area contributed by atoms with Crippen molar-refractivity contribution in [1.82, 2.24) is 15.1 Å². The van der Waals surface area contributed by atoms with Crippen LogP contribution in [0.4, 0.5) is 10.6 Å². The molecule has 1 atom stereocenters. The number of anilines is 1. The molecule has 5 nitrogen and oxygen atoms in total. The fourth-order valence-electron chi connectivity index (χ4n) is 2.22. The zero-order chi connectivity index (χ0) is 13.9. The number of amides is 2. The van der Waals surface area contributed by atoms with Crippen LogP contribution in [0.25, 0.3) is 0 Å². The largest absolute Gasteiger partial charge is 0.336 e. The molecule has 2 heterocycles. The van der Waals surface area contributed by atoms with Crippen LogP contribution in [0.5, 0.6) is 0 Å². The van der Waals surface area contributed by atoms with Crippen molar-refractivity contribution in [2.45, 2.75) is 37.9 Å². The summed E-state index contributed by atoms with van der Waals surface area (Å²) in [6, 6.07) is 1.75. The van der Waals surface area contributed by atoms with Crippen molar-refractivity contribution in [2.24, 2.45) is 7.05 Å². The number of aryl methyl sites for hydroxylation is 2. The molecule has 0 bridgehead atoms. The molecule has 1 aliphatic heterocycles. The maximum absolute atomic E-state index is 11.9. The molecule has 19 heavy (non-hydrogen) atoms. The zero-order valence-electron chi connectivity index (χ0n) is 11.8. The first-order valence-electron chi connectivity index (χ1n) is 6.74. The summed E-state index contributed by atoms with van der Waals surface area (Å²) >= 11 is 1.94. The van der Waals surface area contributed by atoms with Crippen LogP contribution in [0.2, 0.25) is 0 Å². The Morgan fingerprint density at radius 1 is 1.63 bits per heavy atom. The lowest BCUT2D eigenvalue weighted by molar-refractivity contribution is 0.251. The van der Waals surface area contributed by atoms with E-state index in [0.29, 0.717) is 6.54 Å². The normalized spacial score (nSPS) is 22.5. The molecule has 1 unspecified atom stereocenters. The Labute approximate surface area is 118 Å². The highest BCUT2D eigenvalue weighted by Crippen LogP contribution is 2.36. The van der Waals surface area contributed by atoms with E-state index in [1.54, 1.807) is 4.68 Å². The Balaban J connectivity index is 1.85. The van der Waals surface area contributed by atoms with Gasteiger partial charge in [-0.25, -0.2) is 4.79 Å². The van der Waals surface area contributed by atoms with Crippen molar-refractivity contribution in [3.05, 3.63) is 11.8 Å². The molecule has 0 spiro atoms. The number of hydrogen-bond acceptors (Lipinski definition) is 3.